The molecule has 1 heterocycles. The van der Waals surface area contributed by atoms with Gasteiger partial charge in [0, 0.05) is 11.3 Å². The third kappa shape index (κ3) is 4.30. The lowest BCUT2D eigenvalue weighted by Crippen LogP contribution is -2.18. The molecule has 3 rings (SSSR count). The third-order valence-electron chi connectivity index (χ3n) is 3.69. The average Bonchev–Trinajstić information content (AvgIpc) is 3.02. The molecule has 1 aromatic heterocycles. The van der Waals surface area contributed by atoms with Gasteiger partial charge in [0.25, 0.3) is 0 Å². The molecule has 0 aliphatic heterocycles. The molecule has 4 N–H and O–H groups in total. The maximum absolute atomic E-state index is 13.2. The number of carbonyl (C=O) groups is 1. The number of anilines is 1. The third-order valence-corrected chi connectivity index (χ3v) is 4.63. The van der Waals surface area contributed by atoms with Gasteiger partial charge in [-0.25, -0.2) is 22.6 Å². The lowest BCUT2D eigenvalue weighted by atomic mass is 10.1. The Morgan fingerprint density at radius 3 is 2.63 bits per heavy atom. The second kappa shape index (κ2) is 7.17. The number of aromatic hydroxyl groups is 1. The first-order valence-electron chi connectivity index (χ1n) is 7.68. The number of nitrogens with two attached hydrogens (primary N) is 1. The Morgan fingerprint density at radius 1 is 1.26 bits per heavy atom. The zero-order chi connectivity index (χ0) is 19.6. The maximum Gasteiger partial charge on any atom is 0.240 e. The van der Waals surface area contributed by atoms with Crippen LogP contribution in [0.5, 0.6) is 5.75 Å². The van der Waals surface area contributed by atoms with Crippen molar-refractivity contribution < 1.29 is 22.7 Å². The zero-order valence-corrected chi connectivity index (χ0v) is 14.6. The molecule has 8 nitrogen and oxygen atoms in total. The van der Waals surface area contributed by atoms with Crippen LogP contribution in [-0.2, 0) is 21.2 Å². The minimum absolute atomic E-state index is 0.0195. The van der Waals surface area contributed by atoms with Crippen LogP contribution in [0.25, 0.3) is 5.69 Å². The van der Waals surface area contributed by atoms with Crippen LogP contribution in [0.1, 0.15) is 5.56 Å². The molecule has 0 unspecified atom stereocenters. The number of halogens is 1. The van der Waals surface area contributed by atoms with Crippen molar-refractivity contribution in [3.63, 3.8) is 0 Å². The normalized spacial score (nSPS) is 11.3. The van der Waals surface area contributed by atoms with Crippen molar-refractivity contribution in [2.45, 2.75) is 11.3 Å². The van der Waals surface area contributed by atoms with E-state index in [1.807, 2.05) is 0 Å². The molecule has 0 aliphatic rings. The Morgan fingerprint density at radius 2 is 2.00 bits per heavy atom. The summed E-state index contributed by atoms with van der Waals surface area (Å²) in [6.45, 7) is 0. The van der Waals surface area contributed by atoms with Gasteiger partial charge >= 0.3 is 0 Å². The number of phenolic OH excluding ortho intramolecular Hbond substituents is 1. The van der Waals surface area contributed by atoms with Gasteiger partial charge in [-0.1, -0.05) is 18.2 Å². The van der Waals surface area contributed by atoms with Crippen molar-refractivity contribution in [2.75, 3.05) is 5.32 Å². The highest BCUT2D eigenvalue weighted by Crippen LogP contribution is 2.24. The zero-order valence-electron chi connectivity index (χ0n) is 13.8. The number of carbonyl (C=O) groups excluding carboxylic acids is 1. The van der Waals surface area contributed by atoms with Gasteiger partial charge < -0.3 is 10.4 Å². The number of nitrogens with one attached hydrogen (secondary N) is 1. The van der Waals surface area contributed by atoms with E-state index in [1.165, 1.54) is 18.2 Å². The first-order chi connectivity index (χ1) is 12.7. The van der Waals surface area contributed by atoms with Crippen LogP contribution in [0, 0.1) is 5.82 Å². The first kappa shape index (κ1) is 18.5. The highest BCUT2D eigenvalue weighted by Gasteiger charge is 2.18. The summed E-state index contributed by atoms with van der Waals surface area (Å²) in [5.74, 6) is -1.13. The van der Waals surface area contributed by atoms with Gasteiger partial charge in [0.1, 0.15) is 10.6 Å². The summed E-state index contributed by atoms with van der Waals surface area (Å²) in [5, 5.41) is 21.2. The van der Waals surface area contributed by atoms with Crippen molar-refractivity contribution in [3.8, 4) is 11.4 Å². The van der Waals surface area contributed by atoms with Crippen LogP contribution in [0.2, 0.25) is 0 Å². The number of nitrogens with zero attached hydrogens (tertiary/aromatic N) is 2. The molecule has 2 aromatic carbocycles. The van der Waals surface area contributed by atoms with E-state index >= 15 is 0 Å². The molecule has 3 aromatic rings. The molecule has 0 saturated heterocycles. The van der Waals surface area contributed by atoms with Crippen LogP contribution < -0.4 is 10.5 Å². The lowest BCUT2D eigenvalue weighted by molar-refractivity contribution is -0.115. The van der Waals surface area contributed by atoms with Crippen molar-refractivity contribution in [1.82, 2.24) is 9.78 Å². The number of aromatic nitrogens is 2. The standard InChI is InChI=1S/C17H15FN4O4S/c18-12-9-20-22(10-12)14-6-5-13(8-16(14)27(19,25)26)21-17(24)7-11-3-1-2-4-15(11)23/h1-6,8-10,23H,7H2,(H,21,24)(H2,19,25,26). The second-order valence-corrected chi connectivity index (χ2v) is 7.21. The summed E-state index contributed by atoms with van der Waals surface area (Å²) in [4.78, 5) is 11.9. The number of sulfonamides is 1. The Hall–Kier alpha value is -3.24. The molecule has 1 amide bonds. The average molecular weight is 390 g/mol. The number of para-hydroxylation sites is 1. The molecule has 0 bridgehead atoms. The number of phenols is 1. The second-order valence-electron chi connectivity index (χ2n) is 5.68. The van der Waals surface area contributed by atoms with Gasteiger partial charge in [-0.2, -0.15) is 5.10 Å². The summed E-state index contributed by atoms with van der Waals surface area (Å²) >= 11 is 0. The van der Waals surface area contributed by atoms with Gasteiger partial charge in [0.15, 0.2) is 5.82 Å². The van der Waals surface area contributed by atoms with Crippen LogP contribution in [-0.4, -0.2) is 29.2 Å². The molecule has 0 atom stereocenters. The number of primary sulfonamides is 1. The van der Waals surface area contributed by atoms with Crippen LogP contribution in [0.15, 0.2) is 59.8 Å². The van der Waals surface area contributed by atoms with E-state index in [1.54, 1.807) is 18.2 Å². The summed E-state index contributed by atoms with van der Waals surface area (Å²) < 4.78 is 38.0. The quantitative estimate of drug-likeness (QED) is 0.609. The van der Waals surface area contributed by atoms with E-state index in [9.17, 15) is 22.7 Å². The van der Waals surface area contributed by atoms with E-state index in [2.05, 4.69) is 10.4 Å². The molecule has 0 fully saturated rings. The van der Waals surface area contributed by atoms with Crippen molar-refractivity contribution in [3.05, 3.63) is 66.2 Å². The van der Waals surface area contributed by atoms with Crippen LogP contribution in [0.3, 0.4) is 0 Å². The summed E-state index contributed by atoms with van der Waals surface area (Å²) in [6, 6.07) is 10.3. The number of rotatable bonds is 5. The first-order valence-corrected chi connectivity index (χ1v) is 9.23. The van der Waals surface area contributed by atoms with Gasteiger partial charge in [-0.3, -0.25) is 4.79 Å². The van der Waals surface area contributed by atoms with Crippen molar-refractivity contribution >= 4 is 21.6 Å². The van der Waals surface area contributed by atoms with Crippen molar-refractivity contribution in [1.29, 1.82) is 0 Å². The van der Waals surface area contributed by atoms with Crippen molar-refractivity contribution in [2.24, 2.45) is 5.14 Å². The highest BCUT2D eigenvalue weighted by atomic mass is 32.2. The highest BCUT2D eigenvalue weighted by molar-refractivity contribution is 7.89. The topological polar surface area (TPSA) is 127 Å². The van der Waals surface area contributed by atoms with E-state index in [4.69, 9.17) is 5.14 Å². The van der Waals surface area contributed by atoms with Gasteiger partial charge in [0.2, 0.25) is 15.9 Å². The number of hydrogen-bond acceptors (Lipinski definition) is 5. The Balaban J connectivity index is 1.89. The van der Waals surface area contributed by atoms with E-state index in [-0.39, 0.29) is 28.4 Å². The minimum Gasteiger partial charge on any atom is -0.508 e. The molecule has 27 heavy (non-hydrogen) atoms. The molecule has 0 saturated carbocycles. The Kier molecular flexibility index (Phi) is 4.93. The Bertz CT molecular complexity index is 1110. The maximum atomic E-state index is 13.2. The summed E-state index contributed by atoms with van der Waals surface area (Å²) in [6.07, 6.45) is 1.82. The fourth-order valence-corrected chi connectivity index (χ4v) is 3.22. The van der Waals surface area contributed by atoms with Gasteiger partial charge in [0.05, 0.1) is 24.5 Å². The number of benzene rings is 2. The van der Waals surface area contributed by atoms with E-state index in [0.717, 1.165) is 23.1 Å². The van der Waals surface area contributed by atoms with E-state index < -0.39 is 21.7 Å². The van der Waals surface area contributed by atoms with Gasteiger partial charge in [-0.05, 0) is 24.3 Å². The SMILES string of the molecule is NS(=O)(=O)c1cc(NC(=O)Cc2ccccc2O)ccc1-n1cc(F)cn1. The lowest BCUT2D eigenvalue weighted by Gasteiger charge is -2.11. The van der Waals surface area contributed by atoms with E-state index in [0.29, 0.717) is 5.56 Å². The van der Waals surface area contributed by atoms with Crippen LogP contribution in [0.4, 0.5) is 10.1 Å². The molecule has 0 spiro atoms. The molecule has 0 radical (unpaired) electrons. The molecule has 0 aliphatic carbocycles. The molecule has 140 valence electrons. The summed E-state index contributed by atoms with van der Waals surface area (Å²) in [7, 11) is -4.17. The largest absolute Gasteiger partial charge is 0.508 e. The smallest absolute Gasteiger partial charge is 0.240 e. The number of hydrogen-bond donors (Lipinski definition) is 3. The fraction of sp³-hybridized carbons (Fsp3) is 0.0588. The van der Waals surface area contributed by atoms with Gasteiger partial charge in [-0.15, -0.1) is 0 Å². The molecular weight excluding hydrogens is 375 g/mol. The predicted octanol–water partition coefficient (Wildman–Crippen LogP) is 1.55. The molecule has 10 heteroatoms. The summed E-state index contributed by atoms with van der Waals surface area (Å²) in [5.41, 5.74) is 0.640. The number of amides is 1. The Labute approximate surface area is 154 Å². The monoisotopic (exact) mass is 390 g/mol. The van der Waals surface area contributed by atoms with Crippen LogP contribution >= 0.6 is 0 Å². The molecular formula is C17H15FN4O4S. The predicted molar refractivity (Wildman–Crippen MR) is 95.3 cm³/mol. The fourth-order valence-electron chi connectivity index (χ4n) is 2.48. The minimum atomic E-state index is -4.17.